The maximum Gasteiger partial charge on any atom is 0.331 e. The van der Waals surface area contributed by atoms with Crippen molar-refractivity contribution in [2.75, 3.05) is 13.7 Å². The Balaban J connectivity index is 1.88. The molecule has 0 aliphatic carbocycles. The number of benzene rings is 2. The Morgan fingerprint density at radius 2 is 1.75 bits per heavy atom. The molecular weight excluding hydrogens is 351 g/mol. The number of hydrogen-bond donors (Lipinski definition) is 0. The number of methoxy groups -OCH3 is 1. The van der Waals surface area contributed by atoms with E-state index in [1.807, 2.05) is 0 Å². The Labute approximate surface area is 149 Å². The van der Waals surface area contributed by atoms with Gasteiger partial charge < -0.3 is 9.47 Å². The van der Waals surface area contributed by atoms with Gasteiger partial charge in [0.15, 0.2) is 12.4 Å². The molecule has 0 saturated heterocycles. The number of Topliss-reactive ketones (excluding diaryl/α,β-unsaturated/α-hetero) is 1. The van der Waals surface area contributed by atoms with E-state index in [0.717, 1.165) is 11.3 Å². The van der Waals surface area contributed by atoms with Crippen molar-refractivity contribution in [2.24, 2.45) is 0 Å². The number of ether oxygens (including phenoxy) is 2. The predicted octanol–water partition coefficient (Wildman–Crippen LogP) is 4.44. The second-order valence-corrected chi connectivity index (χ2v) is 5.58. The number of rotatable bonds is 6. The van der Waals surface area contributed by atoms with Crippen molar-refractivity contribution in [1.29, 1.82) is 0 Å². The molecule has 0 aliphatic rings. The fraction of sp³-hybridized carbons (Fsp3) is 0.111. The van der Waals surface area contributed by atoms with Crippen molar-refractivity contribution < 1.29 is 19.1 Å². The van der Waals surface area contributed by atoms with E-state index in [1.165, 1.54) is 24.3 Å². The maximum atomic E-state index is 11.9. The summed E-state index contributed by atoms with van der Waals surface area (Å²) in [5, 5.41) is 0.626. The van der Waals surface area contributed by atoms with Crippen LogP contribution in [0.5, 0.6) is 5.75 Å². The summed E-state index contributed by atoms with van der Waals surface area (Å²) in [7, 11) is 1.58. The first-order chi connectivity index (χ1) is 11.5. The lowest BCUT2D eigenvalue weighted by Gasteiger charge is -2.03. The standard InChI is InChI=1S/C18H14Cl2O4/c1-23-14-6-2-12(3-7-14)4-9-18(22)24-11-17(21)13-5-8-15(19)16(20)10-13/h2-10H,11H2,1H3/b9-4+. The summed E-state index contributed by atoms with van der Waals surface area (Å²) < 4.78 is 9.97. The molecule has 0 radical (unpaired) electrons. The zero-order valence-electron chi connectivity index (χ0n) is 12.8. The molecule has 124 valence electrons. The Morgan fingerprint density at radius 3 is 2.38 bits per heavy atom. The van der Waals surface area contributed by atoms with E-state index in [-0.39, 0.29) is 17.4 Å². The summed E-state index contributed by atoms with van der Waals surface area (Å²) in [5.74, 6) is -0.249. The van der Waals surface area contributed by atoms with Gasteiger partial charge in [0, 0.05) is 11.6 Å². The van der Waals surface area contributed by atoms with Crippen LogP contribution in [0.1, 0.15) is 15.9 Å². The number of carbonyl (C=O) groups is 2. The second kappa shape index (κ2) is 8.52. The third-order valence-electron chi connectivity index (χ3n) is 3.11. The molecule has 2 aromatic rings. The van der Waals surface area contributed by atoms with E-state index < -0.39 is 5.97 Å². The van der Waals surface area contributed by atoms with Crippen molar-refractivity contribution in [2.45, 2.75) is 0 Å². The van der Waals surface area contributed by atoms with Crippen molar-refractivity contribution in [3.05, 3.63) is 69.7 Å². The maximum absolute atomic E-state index is 11.9. The number of halogens is 2. The fourth-order valence-corrected chi connectivity index (χ4v) is 2.12. The van der Waals surface area contributed by atoms with Crippen LogP contribution in [0, 0.1) is 0 Å². The van der Waals surface area contributed by atoms with Crippen molar-refractivity contribution in [3.63, 3.8) is 0 Å². The molecule has 6 heteroatoms. The Bertz CT molecular complexity index is 767. The van der Waals surface area contributed by atoms with Gasteiger partial charge in [0.25, 0.3) is 0 Å². The summed E-state index contributed by atoms with van der Waals surface area (Å²) >= 11 is 11.6. The van der Waals surface area contributed by atoms with Crippen LogP contribution in [-0.2, 0) is 9.53 Å². The average Bonchev–Trinajstić information content (AvgIpc) is 2.60. The highest BCUT2D eigenvalue weighted by atomic mass is 35.5. The molecule has 0 saturated carbocycles. The van der Waals surface area contributed by atoms with E-state index in [4.69, 9.17) is 32.7 Å². The minimum atomic E-state index is -0.612. The molecule has 24 heavy (non-hydrogen) atoms. The van der Waals surface area contributed by atoms with E-state index in [0.29, 0.717) is 10.6 Å². The summed E-state index contributed by atoms with van der Waals surface area (Å²) in [6.45, 7) is -0.371. The molecule has 0 atom stereocenters. The van der Waals surface area contributed by atoms with Crippen molar-refractivity contribution in [1.82, 2.24) is 0 Å². The number of esters is 1. The highest BCUT2D eigenvalue weighted by Crippen LogP contribution is 2.22. The molecule has 2 rings (SSSR count). The molecule has 0 aromatic heterocycles. The molecule has 0 heterocycles. The van der Waals surface area contributed by atoms with Crippen molar-refractivity contribution >= 4 is 41.0 Å². The van der Waals surface area contributed by atoms with Crippen LogP contribution >= 0.6 is 23.2 Å². The molecule has 2 aromatic carbocycles. The van der Waals surface area contributed by atoms with Crippen LogP contribution in [0.2, 0.25) is 10.0 Å². The fourth-order valence-electron chi connectivity index (χ4n) is 1.82. The quantitative estimate of drug-likeness (QED) is 0.431. The first-order valence-electron chi connectivity index (χ1n) is 6.97. The highest BCUT2D eigenvalue weighted by molar-refractivity contribution is 6.42. The molecule has 0 N–H and O–H groups in total. The Morgan fingerprint density at radius 1 is 1.04 bits per heavy atom. The lowest BCUT2D eigenvalue weighted by Crippen LogP contribution is -2.12. The van der Waals surface area contributed by atoms with E-state index in [1.54, 1.807) is 37.5 Å². The van der Waals surface area contributed by atoms with Crippen molar-refractivity contribution in [3.8, 4) is 5.75 Å². The SMILES string of the molecule is COc1ccc(/C=C/C(=O)OCC(=O)c2ccc(Cl)c(Cl)c2)cc1. The first kappa shape index (κ1) is 18.0. The second-order valence-electron chi connectivity index (χ2n) is 4.77. The predicted molar refractivity (Wildman–Crippen MR) is 93.8 cm³/mol. The molecule has 4 nitrogen and oxygen atoms in total. The number of ketones is 1. The minimum Gasteiger partial charge on any atom is -0.497 e. The molecule has 0 unspecified atom stereocenters. The summed E-state index contributed by atoms with van der Waals surface area (Å²) in [6.07, 6.45) is 2.84. The smallest absolute Gasteiger partial charge is 0.331 e. The third-order valence-corrected chi connectivity index (χ3v) is 3.85. The molecule has 0 bridgehead atoms. The van der Waals surface area contributed by atoms with Crippen LogP contribution in [0.4, 0.5) is 0 Å². The van der Waals surface area contributed by atoms with Gasteiger partial charge >= 0.3 is 5.97 Å². The van der Waals surface area contributed by atoms with E-state index in [9.17, 15) is 9.59 Å². The molecule has 0 spiro atoms. The van der Waals surface area contributed by atoms with Gasteiger partial charge in [-0.2, -0.15) is 0 Å². The number of hydrogen-bond acceptors (Lipinski definition) is 4. The lowest BCUT2D eigenvalue weighted by atomic mass is 10.1. The summed E-state index contributed by atoms with van der Waals surface area (Å²) in [5.41, 5.74) is 1.14. The average molecular weight is 365 g/mol. The zero-order valence-corrected chi connectivity index (χ0v) is 14.3. The largest absolute Gasteiger partial charge is 0.497 e. The molecule has 0 aliphatic heterocycles. The molecular formula is C18H14Cl2O4. The van der Waals surface area contributed by atoms with Gasteiger partial charge in [-0.1, -0.05) is 35.3 Å². The van der Waals surface area contributed by atoms with Gasteiger partial charge in [0.1, 0.15) is 5.75 Å². The van der Waals surface area contributed by atoms with Gasteiger partial charge in [0.05, 0.1) is 17.2 Å². The minimum absolute atomic E-state index is 0.272. The van der Waals surface area contributed by atoms with Crippen LogP contribution < -0.4 is 4.74 Å². The first-order valence-corrected chi connectivity index (χ1v) is 7.72. The van der Waals surface area contributed by atoms with Gasteiger partial charge in [0.2, 0.25) is 0 Å². The van der Waals surface area contributed by atoms with E-state index >= 15 is 0 Å². The van der Waals surface area contributed by atoms with Gasteiger partial charge in [-0.25, -0.2) is 4.79 Å². The summed E-state index contributed by atoms with van der Waals surface area (Å²) in [6, 6.07) is 11.6. The van der Waals surface area contributed by atoms with Gasteiger partial charge in [-0.05, 0) is 42.0 Å². The van der Waals surface area contributed by atoms with Gasteiger partial charge in [-0.3, -0.25) is 4.79 Å². The Hall–Kier alpha value is -2.30. The molecule has 0 amide bonds. The van der Waals surface area contributed by atoms with Crippen LogP contribution in [0.15, 0.2) is 48.5 Å². The topological polar surface area (TPSA) is 52.6 Å². The third kappa shape index (κ3) is 5.11. The van der Waals surface area contributed by atoms with Crippen LogP contribution in [0.25, 0.3) is 6.08 Å². The Kier molecular flexibility index (Phi) is 6.41. The van der Waals surface area contributed by atoms with Crippen LogP contribution in [0.3, 0.4) is 0 Å². The monoisotopic (exact) mass is 364 g/mol. The van der Waals surface area contributed by atoms with Crippen LogP contribution in [-0.4, -0.2) is 25.5 Å². The van der Waals surface area contributed by atoms with Gasteiger partial charge in [-0.15, -0.1) is 0 Å². The lowest BCUT2D eigenvalue weighted by molar-refractivity contribution is -0.136. The summed E-state index contributed by atoms with van der Waals surface area (Å²) in [4.78, 5) is 23.6. The normalized spacial score (nSPS) is 10.6. The molecule has 0 fully saturated rings. The number of carbonyl (C=O) groups excluding carboxylic acids is 2. The zero-order chi connectivity index (χ0) is 17.5. The highest BCUT2D eigenvalue weighted by Gasteiger charge is 2.10. The van der Waals surface area contributed by atoms with E-state index in [2.05, 4.69) is 0 Å².